The van der Waals surface area contributed by atoms with Crippen LogP contribution in [0.25, 0.3) is 11.5 Å². The summed E-state index contributed by atoms with van der Waals surface area (Å²) >= 11 is 1.26. The van der Waals surface area contributed by atoms with Crippen LogP contribution in [0.4, 0.5) is 0 Å². The summed E-state index contributed by atoms with van der Waals surface area (Å²) in [6.07, 6.45) is 0. The Balaban J connectivity index is 1.52. The molecule has 0 fully saturated rings. The summed E-state index contributed by atoms with van der Waals surface area (Å²) in [5.74, 6) is 0.668. The average Bonchev–Trinajstić information content (AvgIpc) is 3.15. The van der Waals surface area contributed by atoms with Crippen molar-refractivity contribution < 1.29 is 9.21 Å². The Hall–Kier alpha value is -2.60. The van der Waals surface area contributed by atoms with Crippen molar-refractivity contribution in [1.82, 2.24) is 15.5 Å². The molecule has 3 aromatic rings. The fourth-order valence-electron chi connectivity index (χ4n) is 2.46. The number of hydrogen-bond donors (Lipinski definition) is 1. The van der Waals surface area contributed by atoms with Crippen molar-refractivity contribution >= 4 is 17.7 Å². The third-order valence-electron chi connectivity index (χ3n) is 4.03. The number of thioether (sulfide) groups is 1. The van der Waals surface area contributed by atoms with E-state index in [2.05, 4.69) is 34.6 Å². The summed E-state index contributed by atoms with van der Waals surface area (Å²) in [5, 5.41) is 11.1. The van der Waals surface area contributed by atoms with Crippen LogP contribution in [0.5, 0.6) is 0 Å². The van der Waals surface area contributed by atoms with Gasteiger partial charge in [-0.2, -0.15) is 0 Å². The molecule has 134 valence electrons. The quantitative estimate of drug-likeness (QED) is 0.636. The van der Waals surface area contributed by atoms with Gasteiger partial charge in [0.15, 0.2) is 0 Å². The standard InChI is InChI=1S/C20H21N3O2S/c1-14(16-9-5-3-6-10-16)13-21-18(24)15(2)26-20-23-22-19(25-20)17-11-7-4-8-12-17/h3-12,14-15H,13H2,1-2H3,(H,21,24). The summed E-state index contributed by atoms with van der Waals surface area (Å²) in [7, 11) is 0. The molecule has 0 bridgehead atoms. The molecule has 26 heavy (non-hydrogen) atoms. The highest BCUT2D eigenvalue weighted by molar-refractivity contribution is 8.00. The molecule has 0 saturated heterocycles. The first-order chi connectivity index (χ1) is 12.6. The molecule has 2 unspecified atom stereocenters. The maximum atomic E-state index is 12.3. The second kappa shape index (κ2) is 8.67. The Morgan fingerprint density at radius 2 is 1.69 bits per heavy atom. The molecule has 0 radical (unpaired) electrons. The van der Waals surface area contributed by atoms with Gasteiger partial charge in [-0.15, -0.1) is 10.2 Å². The number of carbonyl (C=O) groups is 1. The van der Waals surface area contributed by atoms with Crippen molar-refractivity contribution in [2.75, 3.05) is 6.54 Å². The van der Waals surface area contributed by atoms with Crippen molar-refractivity contribution in [1.29, 1.82) is 0 Å². The number of aromatic nitrogens is 2. The van der Waals surface area contributed by atoms with E-state index in [0.29, 0.717) is 17.7 Å². The lowest BCUT2D eigenvalue weighted by Gasteiger charge is -2.15. The predicted octanol–water partition coefficient (Wildman–Crippen LogP) is 4.14. The van der Waals surface area contributed by atoms with Crippen LogP contribution in [-0.2, 0) is 4.79 Å². The lowest BCUT2D eigenvalue weighted by molar-refractivity contribution is -0.120. The zero-order valence-electron chi connectivity index (χ0n) is 14.8. The van der Waals surface area contributed by atoms with E-state index in [9.17, 15) is 4.79 Å². The van der Waals surface area contributed by atoms with Crippen LogP contribution in [0, 0.1) is 0 Å². The van der Waals surface area contributed by atoms with Crippen molar-refractivity contribution in [3.8, 4) is 11.5 Å². The SMILES string of the molecule is CC(Sc1nnc(-c2ccccc2)o1)C(=O)NCC(C)c1ccccc1. The van der Waals surface area contributed by atoms with Gasteiger partial charge in [-0.05, 0) is 30.5 Å². The molecule has 0 aliphatic heterocycles. The maximum Gasteiger partial charge on any atom is 0.277 e. The van der Waals surface area contributed by atoms with E-state index < -0.39 is 0 Å². The Bertz CT molecular complexity index is 837. The van der Waals surface area contributed by atoms with E-state index in [1.54, 1.807) is 0 Å². The van der Waals surface area contributed by atoms with E-state index >= 15 is 0 Å². The molecule has 5 nitrogen and oxygen atoms in total. The van der Waals surface area contributed by atoms with Gasteiger partial charge < -0.3 is 9.73 Å². The smallest absolute Gasteiger partial charge is 0.277 e. The molecule has 1 aromatic heterocycles. The minimum Gasteiger partial charge on any atom is -0.411 e. The number of nitrogens with zero attached hydrogens (tertiary/aromatic N) is 2. The molecule has 1 heterocycles. The molecule has 6 heteroatoms. The average molecular weight is 367 g/mol. The Kier molecular flexibility index (Phi) is 6.07. The normalized spacial score (nSPS) is 13.2. The first-order valence-electron chi connectivity index (χ1n) is 8.51. The van der Waals surface area contributed by atoms with E-state index in [-0.39, 0.29) is 17.1 Å². The molecule has 1 amide bonds. The Labute approximate surface area is 157 Å². The number of hydrogen-bond acceptors (Lipinski definition) is 5. The van der Waals surface area contributed by atoms with Crippen LogP contribution < -0.4 is 5.32 Å². The molecule has 0 aliphatic carbocycles. The van der Waals surface area contributed by atoms with Crippen LogP contribution in [0.1, 0.15) is 25.3 Å². The van der Waals surface area contributed by atoms with Gasteiger partial charge in [0, 0.05) is 12.1 Å². The van der Waals surface area contributed by atoms with Crippen LogP contribution >= 0.6 is 11.8 Å². The molecular formula is C20H21N3O2S. The van der Waals surface area contributed by atoms with Gasteiger partial charge in [0.1, 0.15) is 0 Å². The van der Waals surface area contributed by atoms with E-state index in [1.807, 2.05) is 55.5 Å². The molecule has 0 spiro atoms. The van der Waals surface area contributed by atoms with Gasteiger partial charge in [-0.25, -0.2) is 0 Å². The number of amides is 1. The summed E-state index contributed by atoms with van der Waals surface area (Å²) < 4.78 is 5.65. The van der Waals surface area contributed by atoms with E-state index in [4.69, 9.17) is 4.42 Å². The Morgan fingerprint density at radius 1 is 1.04 bits per heavy atom. The minimum atomic E-state index is -0.318. The van der Waals surface area contributed by atoms with Crippen LogP contribution in [0.3, 0.4) is 0 Å². The lowest BCUT2D eigenvalue weighted by Crippen LogP contribution is -2.33. The largest absolute Gasteiger partial charge is 0.411 e. The van der Waals surface area contributed by atoms with Gasteiger partial charge in [-0.1, -0.05) is 67.2 Å². The number of carbonyl (C=O) groups excluding carboxylic acids is 1. The topological polar surface area (TPSA) is 68.0 Å². The lowest BCUT2D eigenvalue weighted by atomic mass is 10.0. The third kappa shape index (κ3) is 4.73. The van der Waals surface area contributed by atoms with Crippen molar-refractivity contribution in [2.45, 2.75) is 30.2 Å². The molecular weight excluding hydrogens is 346 g/mol. The highest BCUT2D eigenvalue weighted by Crippen LogP contribution is 2.26. The van der Waals surface area contributed by atoms with Crippen molar-refractivity contribution in [3.63, 3.8) is 0 Å². The molecule has 2 atom stereocenters. The predicted molar refractivity (Wildman–Crippen MR) is 103 cm³/mol. The zero-order chi connectivity index (χ0) is 18.4. The first kappa shape index (κ1) is 18.2. The van der Waals surface area contributed by atoms with E-state index in [0.717, 1.165) is 5.56 Å². The van der Waals surface area contributed by atoms with Gasteiger partial charge in [0.05, 0.1) is 5.25 Å². The van der Waals surface area contributed by atoms with Crippen LogP contribution in [0.15, 0.2) is 70.3 Å². The maximum absolute atomic E-state index is 12.3. The van der Waals surface area contributed by atoms with Crippen LogP contribution in [0.2, 0.25) is 0 Å². The molecule has 3 rings (SSSR count). The Morgan fingerprint density at radius 3 is 2.38 bits per heavy atom. The third-order valence-corrected chi connectivity index (χ3v) is 4.96. The van der Waals surface area contributed by atoms with Gasteiger partial charge in [0.2, 0.25) is 11.8 Å². The monoisotopic (exact) mass is 367 g/mol. The summed E-state index contributed by atoms with van der Waals surface area (Å²) in [6.45, 7) is 4.52. The fourth-order valence-corrected chi connectivity index (χ4v) is 3.16. The minimum absolute atomic E-state index is 0.0442. The highest BCUT2D eigenvalue weighted by Gasteiger charge is 2.19. The van der Waals surface area contributed by atoms with Crippen molar-refractivity contribution in [3.05, 3.63) is 66.2 Å². The molecule has 0 aliphatic rings. The second-order valence-electron chi connectivity index (χ2n) is 6.06. The first-order valence-corrected chi connectivity index (χ1v) is 9.39. The second-order valence-corrected chi connectivity index (χ2v) is 7.35. The highest BCUT2D eigenvalue weighted by atomic mass is 32.2. The zero-order valence-corrected chi connectivity index (χ0v) is 15.6. The molecule has 0 saturated carbocycles. The molecule has 1 N–H and O–H groups in total. The summed E-state index contributed by atoms with van der Waals surface area (Å²) in [4.78, 5) is 12.3. The fraction of sp³-hybridized carbons (Fsp3) is 0.250. The van der Waals surface area contributed by atoms with Gasteiger partial charge >= 0.3 is 0 Å². The van der Waals surface area contributed by atoms with E-state index in [1.165, 1.54) is 17.3 Å². The van der Waals surface area contributed by atoms with Crippen molar-refractivity contribution in [2.24, 2.45) is 0 Å². The number of benzene rings is 2. The summed E-state index contributed by atoms with van der Waals surface area (Å²) in [6, 6.07) is 19.7. The van der Waals surface area contributed by atoms with Gasteiger partial charge in [-0.3, -0.25) is 4.79 Å². The van der Waals surface area contributed by atoms with Gasteiger partial charge in [0.25, 0.3) is 5.22 Å². The number of rotatable bonds is 7. The number of nitrogens with one attached hydrogen (secondary N) is 1. The summed E-state index contributed by atoms with van der Waals surface area (Å²) in [5.41, 5.74) is 2.07. The molecule has 2 aromatic carbocycles. The van der Waals surface area contributed by atoms with Crippen LogP contribution in [-0.4, -0.2) is 27.9 Å².